The van der Waals surface area contributed by atoms with Gasteiger partial charge in [0.05, 0.1) is 11.6 Å². The lowest BCUT2D eigenvalue weighted by atomic mass is 9.99. The normalized spacial score (nSPS) is 13.7. The fraction of sp³-hybridized carbons (Fsp3) is 0.556. The molecule has 1 aromatic rings. The first kappa shape index (κ1) is 10.7. The van der Waals surface area contributed by atoms with E-state index in [4.69, 9.17) is 0 Å². The summed E-state index contributed by atoms with van der Waals surface area (Å²) in [6.07, 6.45) is 3.87. The molecular weight excluding hydrogens is 182 g/mol. The number of hydrogen-bond donors (Lipinski definition) is 2. The van der Waals surface area contributed by atoms with Gasteiger partial charge in [0.15, 0.2) is 0 Å². The van der Waals surface area contributed by atoms with Crippen LogP contribution in [0.3, 0.4) is 0 Å². The van der Waals surface area contributed by atoms with E-state index in [1.165, 1.54) is 17.1 Å². The minimum Gasteiger partial charge on any atom is -0.391 e. The van der Waals surface area contributed by atoms with Gasteiger partial charge in [0.25, 0.3) is 0 Å². The average molecular weight is 197 g/mol. The van der Waals surface area contributed by atoms with Crippen LogP contribution < -0.4 is 5.32 Å². The first-order valence-corrected chi connectivity index (χ1v) is 4.42. The molecule has 1 heterocycles. The van der Waals surface area contributed by atoms with Crippen LogP contribution in [-0.4, -0.2) is 32.3 Å². The van der Waals surface area contributed by atoms with Crippen molar-refractivity contribution in [1.82, 2.24) is 14.9 Å². The van der Waals surface area contributed by atoms with Gasteiger partial charge in [0, 0.05) is 12.4 Å². The van der Waals surface area contributed by atoms with Crippen LogP contribution in [-0.2, 0) is 0 Å². The van der Waals surface area contributed by atoms with E-state index in [0.717, 1.165) is 0 Å². The number of nitrogens with zero attached hydrogens (tertiary/aromatic N) is 2. The van der Waals surface area contributed by atoms with Crippen molar-refractivity contribution in [3.63, 3.8) is 0 Å². The molecule has 0 radical (unpaired) electrons. The summed E-state index contributed by atoms with van der Waals surface area (Å²) >= 11 is 0. The Morgan fingerprint density at radius 1 is 1.64 bits per heavy atom. The molecule has 1 aromatic heterocycles. The molecule has 0 bridgehead atoms. The van der Waals surface area contributed by atoms with Crippen LogP contribution in [0.25, 0.3) is 0 Å². The quantitative estimate of drug-likeness (QED) is 0.729. The van der Waals surface area contributed by atoms with Gasteiger partial charge < -0.3 is 10.4 Å². The Morgan fingerprint density at radius 3 is 2.71 bits per heavy atom. The highest BCUT2D eigenvalue weighted by Gasteiger charge is 2.26. The van der Waals surface area contributed by atoms with Crippen molar-refractivity contribution in [1.29, 1.82) is 0 Å². The second-order valence-electron chi connectivity index (χ2n) is 3.80. The van der Waals surface area contributed by atoms with E-state index in [1.54, 1.807) is 27.0 Å². The minimum atomic E-state index is -0.651. The first-order valence-electron chi connectivity index (χ1n) is 4.42. The largest absolute Gasteiger partial charge is 0.391 e. The molecule has 0 aliphatic rings. The molecule has 0 aliphatic heterocycles. The Hall–Kier alpha value is -1.36. The molecule has 1 atom stereocenters. The SMILES string of the molecule is CC(O)C(C)(C)NC(=O)n1ccnc1. The molecular formula is C9H15N3O2. The van der Waals surface area contributed by atoms with Crippen molar-refractivity contribution in [2.75, 3.05) is 0 Å². The number of nitrogens with one attached hydrogen (secondary N) is 1. The fourth-order valence-electron chi connectivity index (χ4n) is 0.824. The molecule has 0 spiro atoms. The van der Waals surface area contributed by atoms with Gasteiger partial charge >= 0.3 is 6.03 Å². The smallest absolute Gasteiger partial charge is 0.327 e. The van der Waals surface area contributed by atoms with Gasteiger partial charge in [-0.25, -0.2) is 9.78 Å². The molecule has 14 heavy (non-hydrogen) atoms. The van der Waals surface area contributed by atoms with Gasteiger partial charge in [-0.1, -0.05) is 0 Å². The number of carbonyl (C=O) groups excluding carboxylic acids is 1. The Bertz CT molecular complexity index is 304. The molecule has 5 heteroatoms. The van der Waals surface area contributed by atoms with E-state index in [-0.39, 0.29) is 6.03 Å². The van der Waals surface area contributed by atoms with Gasteiger partial charge in [-0.3, -0.25) is 4.57 Å². The number of aliphatic hydroxyl groups excluding tert-OH is 1. The summed E-state index contributed by atoms with van der Waals surface area (Å²) < 4.78 is 1.32. The molecule has 0 aromatic carbocycles. The number of amides is 1. The van der Waals surface area contributed by atoms with Crippen LogP contribution in [0.5, 0.6) is 0 Å². The third kappa shape index (κ3) is 2.32. The summed E-state index contributed by atoms with van der Waals surface area (Å²) in [7, 11) is 0. The number of aliphatic hydroxyl groups is 1. The lowest BCUT2D eigenvalue weighted by Crippen LogP contribution is -2.52. The Morgan fingerprint density at radius 2 is 2.29 bits per heavy atom. The minimum absolute atomic E-state index is 0.298. The number of rotatable bonds is 2. The van der Waals surface area contributed by atoms with E-state index < -0.39 is 11.6 Å². The third-order valence-electron chi connectivity index (χ3n) is 2.21. The molecule has 0 aliphatic carbocycles. The zero-order valence-corrected chi connectivity index (χ0v) is 8.56. The molecule has 0 saturated heterocycles. The molecule has 78 valence electrons. The van der Waals surface area contributed by atoms with E-state index in [1.807, 2.05) is 0 Å². The highest BCUT2D eigenvalue weighted by molar-refractivity contribution is 5.77. The standard InChI is InChI=1S/C9H15N3O2/c1-7(13)9(2,3)11-8(14)12-5-4-10-6-12/h4-7,13H,1-3H3,(H,11,14). The Balaban J connectivity index is 2.66. The van der Waals surface area contributed by atoms with Crippen molar-refractivity contribution in [2.45, 2.75) is 32.4 Å². The maximum absolute atomic E-state index is 11.5. The summed E-state index contributed by atoms with van der Waals surface area (Å²) in [5.41, 5.74) is -0.651. The Labute approximate surface area is 82.8 Å². The van der Waals surface area contributed by atoms with Gasteiger partial charge in [-0.15, -0.1) is 0 Å². The average Bonchev–Trinajstić information content (AvgIpc) is 2.54. The van der Waals surface area contributed by atoms with Crippen LogP contribution in [0.4, 0.5) is 4.79 Å². The first-order chi connectivity index (χ1) is 6.43. The second-order valence-corrected chi connectivity index (χ2v) is 3.80. The highest BCUT2D eigenvalue weighted by Crippen LogP contribution is 2.08. The number of imidazole rings is 1. The van der Waals surface area contributed by atoms with Crippen LogP contribution in [0.1, 0.15) is 20.8 Å². The van der Waals surface area contributed by atoms with E-state index in [0.29, 0.717) is 0 Å². The number of carbonyl (C=O) groups is 1. The van der Waals surface area contributed by atoms with Crippen molar-refractivity contribution in [3.05, 3.63) is 18.7 Å². The maximum atomic E-state index is 11.5. The molecule has 0 saturated carbocycles. The molecule has 1 rings (SSSR count). The van der Waals surface area contributed by atoms with Crippen LogP contribution in [0.15, 0.2) is 18.7 Å². The van der Waals surface area contributed by atoms with Crippen LogP contribution in [0, 0.1) is 0 Å². The predicted octanol–water partition coefficient (Wildman–Crippen LogP) is 0.600. The monoisotopic (exact) mass is 197 g/mol. The summed E-state index contributed by atoms with van der Waals surface area (Å²) in [5.74, 6) is 0. The number of aromatic nitrogens is 2. The van der Waals surface area contributed by atoms with Gasteiger partial charge in [-0.2, -0.15) is 0 Å². The second kappa shape index (κ2) is 3.79. The zero-order valence-electron chi connectivity index (χ0n) is 8.56. The van der Waals surface area contributed by atoms with Gasteiger partial charge in [-0.05, 0) is 20.8 Å². The summed E-state index contributed by atoms with van der Waals surface area (Å²) in [5, 5.41) is 12.1. The van der Waals surface area contributed by atoms with E-state index >= 15 is 0 Å². The van der Waals surface area contributed by atoms with Crippen molar-refractivity contribution >= 4 is 6.03 Å². The molecule has 0 fully saturated rings. The van der Waals surface area contributed by atoms with Crippen LogP contribution in [0.2, 0.25) is 0 Å². The summed E-state index contributed by atoms with van der Waals surface area (Å²) in [6, 6.07) is -0.298. The lowest BCUT2D eigenvalue weighted by molar-refractivity contribution is 0.101. The third-order valence-corrected chi connectivity index (χ3v) is 2.21. The van der Waals surface area contributed by atoms with Crippen molar-refractivity contribution in [2.24, 2.45) is 0 Å². The lowest BCUT2D eigenvalue weighted by Gasteiger charge is -2.29. The predicted molar refractivity (Wildman–Crippen MR) is 51.9 cm³/mol. The van der Waals surface area contributed by atoms with Crippen LogP contribution >= 0.6 is 0 Å². The Kier molecular flexibility index (Phi) is 2.90. The molecule has 2 N–H and O–H groups in total. The molecule has 1 unspecified atom stereocenters. The topological polar surface area (TPSA) is 67.2 Å². The zero-order chi connectivity index (χ0) is 10.8. The van der Waals surface area contributed by atoms with Crippen molar-refractivity contribution in [3.8, 4) is 0 Å². The van der Waals surface area contributed by atoms with Crippen molar-refractivity contribution < 1.29 is 9.90 Å². The highest BCUT2D eigenvalue weighted by atomic mass is 16.3. The van der Waals surface area contributed by atoms with E-state index in [9.17, 15) is 9.90 Å². The van der Waals surface area contributed by atoms with E-state index in [2.05, 4.69) is 10.3 Å². The summed E-state index contributed by atoms with van der Waals surface area (Å²) in [6.45, 7) is 5.15. The maximum Gasteiger partial charge on any atom is 0.327 e. The number of hydrogen-bond acceptors (Lipinski definition) is 3. The van der Waals surface area contributed by atoms with Gasteiger partial charge in [0.1, 0.15) is 6.33 Å². The molecule has 5 nitrogen and oxygen atoms in total. The summed E-state index contributed by atoms with van der Waals surface area (Å²) in [4.78, 5) is 15.3. The van der Waals surface area contributed by atoms with Gasteiger partial charge in [0.2, 0.25) is 0 Å². The fourth-order valence-corrected chi connectivity index (χ4v) is 0.824. The molecule has 1 amide bonds.